The van der Waals surface area contributed by atoms with Gasteiger partial charge in [-0.25, -0.2) is 0 Å². The molecule has 142 valence electrons. The Morgan fingerprint density at radius 2 is 1.89 bits per heavy atom. The van der Waals surface area contributed by atoms with Gasteiger partial charge in [0.2, 0.25) is 0 Å². The minimum absolute atomic E-state index is 0.226. The van der Waals surface area contributed by atoms with Gasteiger partial charge in [-0.05, 0) is 41.6 Å². The summed E-state index contributed by atoms with van der Waals surface area (Å²) in [7, 11) is 0. The molecule has 28 heavy (non-hydrogen) atoms. The van der Waals surface area contributed by atoms with Crippen molar-refractivity contribution in [1.82, 2.24) is 29.0 Å². The number of fused-ring (bicyclic) bond motifs is 1. The fourth-order valence-electron chi connectivity index (χ4n) is 2.28. The summed E-state index contributed by atoms with van der Waals surface area (Å²) in [6.45, 7) is 0. The lowest BCUT2D eigenvalue weighted by Crippen LogP contribution is -2.17. The average Bonchev–Trinajstić information content (AvgIpc) is 3.31. The van der Waals surface area contributed by atoms with Gasteiger partial charge >= 0.3 is 6.36 Å². The van der Waals surface area contributed by atoms with E-state index in [1.165, 1.54) is 12.1 Å². The molecule has 0 saturated heterocycles. The highest BCUT2D eigenvalue weighted by atomic mass is 32.1. The van der Waals surface area contributed by atoms with Crippen molar-refractivity contribution in [3.05, 3.63) is 48.3 Å². The molecule has 1 N–H and O–H groups in total. The van der Waals surface area contributed by atoms with E-state index in [0.29, 0.717) is 22.4 Å². The van der Waals surface area contributed by atoms with Gasteiger partial charge in [-0.15, -0.1) is 28.2 Å². The van der Waals surface area contributed by atoms with Crippen LogP contribution in [0.1, 0.15) is 10.6 Å². The van der Waals surface area contributed by atoms with E-state index in [4.69, 9.17) is 0 Å². The fourth-order valence-corrected chi connectivity index (χ4v) is 2.83. The molecule has 0 fully saturated rings. The number of aromatic nitrogens is 6. The second kappa shape index (κ2) is 6.84. The van der Waals surface area contributed by atoms with Crippen LogP contribution in [0.2, 0.25) is 0 Å². The number of halogens is 3. The number of nitrogens with zero attached hydrogens (tertiary/aromatic N) is 6. The molecule has 0 atom stereocenters. The number of carbonyl (C=O) groups is 1. The summed E-state index contributed by atoms with van der Waals surface area (Å²) in [5.41, 5.74) is 1.92. The van der Waals surface area contributed by atoms with Crippen LogP contribution in [0.4, 0.5) is 18.9 Å². The number of hydrogen-bond acceptors (Lipinski definition) is 8. The van der Waals surface area contributed by atoms with Crippen molar-refractivity contribution in [3.8, 4) is 11.4 Å². The third-order valence-corrected chi connectivity index (χ3v) is 3.99. The minimum Gasteiger partial charge on any atom is -0.406 e. The number of benzene rings is 2. The Bertz CT molecular complexity index is 1140. The second-order valence-electron chi connectivity index (χ2n) is 5.34. The lowest BCUT2D eigenvalue weighted by Gasteiger charge is -2.08. The number of tetrazole rings is 1. The van der Waals surface area contributed by atoms with Gasteiger partial charge in [-0.3, -0.25) is 4.79 Å². The number of nitrogens with one attached hydrogen (secondary N) is 1. The molecule has 2 heterocycles. The van der Waals surface area contributed by atoms with Crippen molar-refractivity contribution in [2.45, 2.75) is 6.36 Å². The van der Waals surface area contributed by atoms with Crippen LogP contribution in [0.3, 0.4) is 0 Å². The molecule has 4 aromatic rings. The van der Waals surface area contributed by atoms with E-state index in [2.05, 4.69) is 34.2 Å². The van der Waals surface area contributed by atoms with Gasteiger partial charge in [-0.2, -0.15) is 8.75 Å². The smallest absolute Gasteiger partial charge is 0.406 e. The summed E-state index contributed by atoms with van der Waals surface area (Å²) >= 11 is 1.02. The van der Waals surface area contributed by atoms with Gasteiger partial charge in [0.15, 0.2) is 0 Å². The van der Waals surface area contributed by atoms with Crippen molar-refractivity contribution in [2.24, 2.45) is 0 Å². The van der Waals surface area contributed by atoms with Crippen LogP contribution in [0.5, 0.6) is 5.75 Å². The Morgan fingerprint density at radius 1 is 1.11 bits per heavy atom. The Kier molecular flexibility index (Phi) is 4.35. The molecule has 13 heteroatoms. The maximum atomic E-state index is 12.4. The first kappa shape index (κ1) is 17.8. The lowest BCUT2D eigenvalue weighted by atomic mass is 10.2. The minimum atomic E-state index is -4.78. The first-order valence-corrected chi connectivity index (χ1v) is 8.31. The van der Waals surface area contributed by atoms with E-state index in [1.54, 1.807) is 18.2 Å². The highest BCUT2D eigenvalue weighted by Gasteiger charge is 2.31. The van der Waals surface area contributed by atoms with Crippen LogP contribution in [-0.4, -0.2) is 41.2 Å². The Labute approximate surface area is 158 Å². The quantitative estimate of drug-likeness (QED) is 0.554. The molecule has 0 aliphatic carbocycles. The summed E-state index contributed by atoms with van der Waals surface area (Å²) in [5.74, 6) is -1.24. The van der Waals surface area contributed by atoms with Gasteiger partial charge in [0.25, 0.3) is 11.7 Å². The summed E-state index contributed by atoms with van der Waals surface area (Å²) < 4.78 is 48.6. The first-order chi connectivity index (χ1) is 13.4. The van der Waals surface area contributed by atoms with Crippen LogP contribution in [0, 0.1) is 0 Å². The van der Waals surface area contributed by atoms with Gasteiger partial charge in [0.05, 0.1) is 23.1 Å². The molecular formula is C15H8F3N7O2S. The zero-order valence-electron chi connectivity index (χ0n) is 13.6. The molecule has 0 aliphatic rings. The monoisotopic (exact) mass is 407 g/mol. The summed E-state index contributed by atoms with van der Waals surface area (Å²) in [5, 5.41) is 14.0. The van der Waals surface area contributed by atoms with Crippen molar-refractivity contribution in [2.75, 3.05) is 5.32 Å². The molecule has 0 radical (unpaired) electrons. The molecule has 4 rings (SSSR count). The normalized spacial score (nSPS) is 11.5. The van der Waals surface area contributed by atoms with Gasteiger partial charge in [-0.1, -0.05) is 6.07 Å². The molecule has 2 aromatic carbocycles. The van der Waals surface area contributed by atoms with E-state index in [9.17, 15) is 18.0 Å². The van der Waals surface area contributed by atoms with Crippen molar-refractivity contribution >= 4 is 34.4 Å². The van der Waals surface area contributed by atoms with E-state index in [1.807, 2.05) is 0 Å². The van der Waals surface area contributed by atoms with Crippen molar-refractivity contribution < 1.29 is 22.7 Å². The van der Waals surface area contributed by atoms with Crippen molar-refractivity contribution in [3.63, 3.8) is 0 Å². The van der Waals surface area contributed by atoms with Gasteiger partial charge in [0.1, 0.15) is 16.8 Å². The van der Waals surface area contributed by atoms with Gasteiger partial charge in [0, 0.05) is 0 Å². The Hall–Kier alpha value is -3.61. The summed E-state index contributed by atoms with van der Waals surface area (Å²) in [6.07, 6.45) is -4.78. The standard InChI is InChI=1S/C15H8F3N7O2S/c16-15(17,18)27-9-6-4-8(5-7-9)25-21-13(20-24-25)14(26)19-10-2-1-3-11-12(10)23-28-22-11/h1-7H,(H,19,26). The van der Waals surface area contributed by atoms with Crippen molar-refractivity contribution in [1.29, 1.82) is 0 Å². The molecule has 2 aromatic heterocycles. The fraction of sp³-hybridized carbons (Fsp3) is 0.0667. The molecule has 0 unspecified atom stereocenters. The number of carbonyl (C=O) groups excluding carboxylic acids is 1. The number of alkyl halides is 3. The predicted octanol–water partition coefficient (Wildman–Crippen LogP) is 2.82. The van der Waals surface area contributed by atoms with Crippen LogP contribution in [-0.2, 0) is 0 Å². The number of amides is 1. The topological polar surface area (TPSA) is 108 Å². The highest BCUT2D eigenvalue weighted by Crippen LogP contribution is 2.24. The molecule has 0 spiro atoms. The largest absolute Gasteiger partial charge is 0.573 e. The zero-order chi connectivity index (χ0) is 19.7. The average molecular weight is 407 g/mol. The molecule has 9 nitrogen and oxygen atoms in total. The summed E-state index contributed by atoms with van der Waals surface area (Å²) in [6, 6.07) is 9.93. The third kappa shape index (κ3) is 3.73. The number of anilines is 1. The van der Waals surface area contributed by atoms with Crippen LogP contribution in [0.15, 0.2) is 42.5 Å². The summed E-state index contributed by atoms with van der Waals surface area (Å²) in [4.78, 5) is 13.4. The number of hydrogen-bond donors (Lipinski definition) is 1. The van der Waals surface area contributed by atoms with E-state index >= 15 is 0 Å². The van der Waals surface area contributed by atoms with E-state index in [0.717, 1.165) is 28.7 Å². The maximum absolute atomic E-state index is 12.4. The van der Waals surface area contributed by atoms with Crippen LogP contribution >= 0.6 is 11.7 Å². The Balaban J connectivity index is 1.51. The second-order valence-corrected chi connectivity index (χ2v) is 5.86. The highest BCUT2D eigenvalue weighted by molar-refractivity contribution is 7.00. The van der Waals surface area contributed by atoms with Crippen LogP contribution < -0.4 is 10.1 Å². The van der Waals surface area contributed by atoms with Crippen LogP contribution in [0.25, 0.3) is 16.7 Å². The number of rotatable bonds is 4. The molecular weight excluding hydrogens is 399 g/mol. The first-order valence-electron chi connectivity index (χ1n) is 7.58. The van der Waals surface area contributed by atoms with Gasteiger partial charge < -0.3 is 10.1 Å². The van der Waals surface area contributed by atoms with E-state index in [-0.39, 0.29) is 11.6 Å². The zero-order valence-corrected chi connectivity index (χ0v) is 14.4. The number of ether oxygens (including phenoxy) is 1. The molecule has 1 amide bonds. The third-order valence-electron chi connectivity index (χ3n) is 3.45. The lowest BCUT2D eigenvalue weighted by molar-refractivity contribution is -0.274. The van der Waals surface area contributed by atoms with E-state index < -0.39 is 12.3 Å². The molecule has 0 bridgehead atoms. The molecule has 0 saturated carbocycles. The SMILES string of the molecule is O=C(Nc1cccc2nsnc12)c1nnn(-c2ccc(OC(F)(F)F)cc2)n1. The maximum Gasteiger partial charge on any atom is 0.573 e. The Morgan fingerprint density at radius 3 is 2.64 bits per heavy atom. The molecule has 0 aliphatic heterocycles. The predicted molar refractivity (Wildman–Crippen MR) is 91.2 cm³/mol.